The molecule has 0 amide bonds. The zero-order chi connectivity index (χ0) is 24.1. The topological polar surface area (TPSA) is 50.4 Å². The third-order valence-corrected chi connectivity index (χ3v) is 6.94. The second-order valence-corrected chi connectivity index (χ2v) is 11.6. The largest absolute Gasteiger partial charge is 0.506 e. The van der Waals surface area contributed by atoms with Crippen LogP contribution in [0.5, 0.6) is 0 Å². The molecular formula is C28H32NO3S+. The number of thiazole rings is 1. The average molecular weight is 463 g/mol. The van der Waals surface area contributed by atoms with Gasteiger partial charge in [0.05, 0.1) is 11.1 Å². The molecule has 0 bridgehead atoms. The van der Waals surface area contributed by atoms with Crippen LogP contribution in [0.15, 0.2) is 76.5 Å². The van der Waals surface area contributed by atoms with Crippen molar-refractivity contribution in [1.29, 1.82) is 0 Å². The number of carbonyl (C=O) groups excluding carboxylic acids is 1. The third-order valence-electron chi connectivity index (χ3n) is 5.82. The maximum Gasteiger partial charge on any atom is 0.263 e. The van der Waals surface area contributed by atoms with Gasteiger partial charge in [-0.15, -0.1) is 0 Å². The summed E-state index contributed by atoms with van der Waals surface area (Å²) >= 11 is 1.62. The van der Waals surface area contributed by atoms with Crippen LogP contribution >= 0.6 is 11.3 Å². The molecular weight excluding hydrogens is 430 g/mol. The molecule has 5 heteroatoms. The lowest BCUT2D eigenvalue weighted by Crippen LogP contribution is -2.34. The van der Waals surface area contributed by atoms with Gasteiger partial charge in [0.25, 0.3) is 5.01 Å². The van der Waals surface area contributed by atoms with Crippen LogP contribution in [0, 0.1) is 10.8 Å². The van der Waals surface area contributed by atoms with Gasteiger partial charge in [-0.3, -0.25) is 4.79 Å². The second-order valence-electron chi connectivity index (χ2n) is 10.6. The van der Waals surface area contributed by atoms with Crippen molar-refractivity contribution < 1.29 is 19.2 Å². The van der Waals surface area contributed by atoms with Gasteiger partial charge in [0, 0.05) is 23.0 Å². The molecule has 0 saturated carbocycles. The van der Waals surface area contributed by atoms with Crippen molar-refractivity contribution in [2.75, 3.05) is 0 Å². The Kier molecular flexibility index (Phi) is 5.73. The van der Waals surface area contributed by atoms with Crippen molar-refractivity contribution in [3.63, 3.8) is 0 Å². The Bertz CT molecular complexity index is 1270. The van der Waals surface area contributed by atoms with Gasteiger partial charge in [0.2, 0.25) is 11.3 Å². The lowest BCUT2D eigenvalue weighted by Gasteiger charge is -2.33. The number of ketones is 1. The molecule has 0 saturated heterocycles. The highest BCUT2D eigenvalue weighted by atomic mass is 32.1. The molecule has 1 aromatic carbocycles. The monoisotopic (exact) mass is 462 g/mol. The average Bonchev–Trinajstić information content (AvgIpc) is 3.11. The van der Waals surface area contributed by atoms with E-state index in [1.54, 1.807) is 17.4 Å². The predicted molar refractivity (Wildman–Crippen MR) is 135 cm³/mol. The maximum atomic E-state index is 13.0. The number of Topliss-reactive ketones (excluding diaryl/α,β-unsaturated/α-hetero) is 1. The first-order valence-electron chi connectivity index (χ1n) is 11.4. The van der Waals surface area contributed by atoms with Crippen molar-refractivity contribution in [3.8, 4) is 0 Å². The van der Waals surface area contributed by atoms with Crippen LogP contribution in [0.3, 0.4) is 0 Å². The number of aliphatic hydroxyl groups is 1. The smallest absolute Gasteiger partial charge is 0.263 e. The van der Waals surface area contributed by atoms with E-state index in [2.05, 4.69) is 65.2 Å². The summed E-state index contributed by atoms with van der Waals surface area (Å²) in [5.74, 6) is 1.61. The quantitative estimate of drug-likeness (QED) is 0.403. The zero-order valence-electron chi connectivity index (χ0n) is 20.4. The molecule has 1 aliphatic carbocycles. The Morgan fingerprint density at radius 2 is 1.61 bits per heavy atom. The Balaban J connectivity index is 1.75. The summed E-state index contributed by atoms with van der Waals surface area (Å²) in [6.45, 7) is 15.5. The first-order valence-corrected chi connectivity index (χ1v) is 12.2. The fourth-order valence-electron chi connectivity index (χ4n) is 3.83. The number of hydrogen-bond donors (Lipinski definition) is 1. The van der Waals surface area contributed by atoms with E-state index in [0.29, 0.717) is 11.1 Å². The molecule has 0 spiro atoms. The molecule has 0 radical (unpaired) electrons. The number of carbonyl (C=O) groups is 1. The van der Waals surface area contributed by atoms with Crippen LogP contribution in [0.2, 0.25) is 0 Å². The standard InChI is InChI=1S/C28H31NO3S/c1-8-29-20-11-9-10-12-21(20)33-24(29)16-19-25(30)18(26(19)31)13-17-14-22(27(2,3)4)32-23(15-17)28(5,6)7/h9-16H,8H2,1-7H3/p+1. The number of allylic oxidation sites excluding steroid dienone is 8. The summed E-state index contributed by atoms with van der Waals surface area (Å²) in [6.07, 6.45) is 7.50. The normalized spacial score (nSPS) is 18.3. The van der Waals surface area contributed by atoms with E-state index in [4.69, 9.17) is 4.74 Å². The van der Waals surface area contributed by atoms with Crippen LogP contribution < -0.4 is 4.57 Å². The molecule has 4 nitrogen and oxygen atoms in total. The number of fused-ring (bicyclic) bond motifs is 1. The molecule has 33 heavy (non-hydrogen) atoms. The molecule has 0 fully saturated rings. The minimum Gasteiger partial charge on any atom is -0.506 e. The molecule has 2 aromatic rings. The van der Waals surface area contributed by atoms with Gasteiger partial charge in [-0.25, -0.2) is 0 Å². The van der Waals surface area contributed by atoms with E-state index in [1.807, 2.05) is 30.4 Å². The molecule has 1 aromatic heterocycles. The van der Waals surface area contributed by atoms with Crippen LogP contribution in [-0.2, 0) is 16.1 Å². The number of rotatable bonds is 3. The number of hydrogen-bond acceptors (Lipinski definition) is 4. The van der Waals surface area contributed by atoms with Crippen molar-refractivity contribution in [2.45, 2.75) is 55.0 Å². The van der Waals surface area contributed by atoms with E-state index in [0.717, 1.165) is 38.9 Å². The molecule has 0 atom stereocenters. The molecule has 2 aliphatic rings. The van der Waals surface area contributed by atoms with Crippen molar-refractivity contribution in [1.82, 2.24) is 0 Å². The highest BCUT2D eigenvalue weighted by Crippen LogP contribution is 2.40. The minimum absolute atomic E-state index is 0.0514. The molecule has 4 rings (SSSR count). The number of ether oxygens (including phenoxy) is 1. The van der Waals surface area contributed by atoms with Gasteiger partial charge in [-0.05, 0) is 36.8 Å². The third kappa shape index (κ3) is 4.34. The molecule has 1 N–H and O–H groups in total. The van der Waals surface area contributed by atoms with Crippen LogP contribution in [-0.4, -0.2) is 10.9 Å². The van der Waals surface area contributed by atoms with Crippen molar-refractivity contribution in [2.24, 2.45) is 10.8 Å². The molecule has 2 heterocycles. The molecule has 0 unspecified atom stereocenters. The Morgan fingerprint density at radius 1 is 1.00 bits per heavy atom. The first-order chi connectivity index (χ1) is 15.4. The van der Waals surface area contributed by atoms with Gasteiger partial charge < -0.3 is 9.84 Å². The van der Waals surface area contributed by atoms with Crippen molar-refractivity contribution >= 4 is 33.4 Å². The van der Waals surface area contributed by atoms with Gasteiger partial charge in [0.15, 0.2) is 0 Å². The van der Waals surface area contributed by atoms with E-state index in [9.17, 15) is 9.90 Å². The van der Waals surface area contributed by atoms with Gasteiger partial charge in [-0.2, -0.15) is 4.57 Å². The summed E-state index contributed by atoms with van der Waals surface area (Å²) in [4.78, 5) is 13.0. The van der Waals surface area contributed by atoms with Gasteiger partial charge >= 0.3 is 0 Å². The van der Waals surface area contributed by atoms with Crippen LogP contribution in [0.4, 0.5) is 0 Å². The number of para-hydroxylation sites is 1. The Labute approximate surface area is 199 Å². The van der Waals surface area contributed by atoms with E-state index in [1.165, 1.54) is 0 Å². The summed E-state index contributed by atoms with van der Waals surface area (Å²) in [6, 6.07) is 8.18. The van der Waals surface area contributed by atoms with Crippen LogP contribution in [0.1, 0.15) is 53.5 Å². The lowest BCUT2D eigenvalue weighted by atomic mass is 9.84. The number of aliphatic hydroxyl groups excluding tert-OH is 1. The first kappa shape index (κ1) is 23.2. The number of benzene rings is 1. The second kappa shape index (κ2) is 8.14. The van der Waals surface area contributed by atoms with E-state index in [-0.39, 0.29) is 22.4 Å². The Hall–Kier alpha value is -2.92. The fraction of sp³-hybridized carbons (Fsp3) is 0.357. The molecule has 172 valence electrons. The highest BCUT2D eigenvalue weighted by Gasteiger charge is 2.35. The summed E-state index contributed by atoms with van der Waals surface area (Å²) in [5, 5.41) is 11.7. The summed E-state index contributed by atoms with van der Waals surface area (Å²) in [5.41, 5.74) is 2.35. The SMILES string of the molecule is CC[n+]1c(C=C2C(=O)C(C=C3C=C(C(C)(C)C)OC(C(C)(C)C)=C3)=C2O)sc2ccccc21. The Morgan fingerprint density at radius 3 is 2.15 bits per heavy atom. The van der Waals surface area contributed by atoms with E-state index >= 15 is 0 Å². The van der Waals surface area contributed by atoms with Crippen molar-refractivity contribution in [3.05, 3.63) is 81.5 Å². The van der Waals surface area contributed by atoms with Gasteiger partial charge in [0.1, 0.15) is 28.5 Å². The zero-order valence-corrected chi connectivity index (χ0v) is 21.3. The lowest BCUT2D eigenvalue weighted by molar-refractivity contribution is -0.665. The van der Waals surface area contributed by atoms with Crippen LogP contribution in [0.25, 0.3) is 16.3 Å². The fourth-order valence-corrected chi connectivity index (χ4v) is 5.00. The highest BCUT2D eigenvalue weighted by molar-refractivity contribution is 7.18. The molecule has 1 aliphatic heterocycles. The van der Waals surface area contributed by atoms with Gasteiger partial charge in [-0.1, -0.05) is 65.0 Å². The predicted octanol–water partition coefficient (Wildman–Crippen LogP) is 6.80. The van der Waals surface area contributed by atoms with E-state index < -0.39 is 0 Å². The number of aromatic nitrogens is 1. The minimum atomic E-state index is -0.177. The maximum absolute atomic E-state index is 13.0. The number of nitrogens with zero attached hydrogens (tertiary/aromatic N) is 1. The summed E-state index contributed by atoms with van der Waals surface area (Å²) in [7, 11) is 0. The number of aryl methyl sites for hydroxylation is 1. The summed E-state index contributed by atoms with van der Waals surface area (Å²) < 4.78 is 9.52.